The number of ether oxygens (including phenoxy) is 1. The summed E-state index contributed by atoms with van der Waals surface area (Å²) in [6.45, 7) is 0. The standard InChI is InChI=1S/C16H12Cl2N2O2S.BrH/c1-22-10-3-5-13-14(7-10)20-16(19-13)23-8-15(21)9-2-4-11(17)12(18)6-9;/h2-7H,8H2,1H3,(H,19,20);1H. The predicted octanol–water partition coefficient (Wildman–Crippen LogP) is 5.43. The zero-order chi connectivity index (χ0) is 16.4. The van der Waals surface area contributed by atoms with E-state index in [9.17, 15) is 4.79 Å². The number of aromatic nitrogens is 2. The van der Waals surface area contributed by atoms with Crippen LogP contribution in [0.3, 0.4) is 0 Å². The van der Waals surface area contributed by atoms with Gasteiger partial charge in [-0.2, -0.15) is 0 Å². The second-order valence-electron chi connectivity index (χ2n) is 4.77. The lowest BCUT2D eigenvalue weighted by molar-refractivity contribution is 0.102. The molecule has 126 valence electrons. The lowest BCUT2D eigenvalue weighted by Crippen LogP contribution is -2.02. The van der Waals surface area contributed by atoms with Crippen molar-refractivity contribution >= 4 is 68.8 Å². The first-order valence-corrected chi connectivity index (χ1v) is 8.46. The first kappa shape index (κ1) is 19.1. The van der Waals surface area contributed by atoms with Gasteiger partial charge in [-0.1, -0.05) is 35.0 Å². The molecule has 0 saturated heterocycles. The minimum absolute atomic E-state index is 0. The van der Waals surface area contributed by atoms with Gasteiger partial charge in [-0.3, -0.25) is 4.79 Å². The molecule has 1 heterocycles. The van der Waals surface area contributed by atoms with Gasteiger partial charge in [0.25, 0.3) is 0 Å². The maximum atomic E-state index is 12.2. The molecule has 0 fully saturated rings. The van der Waals surface area contributed by atoms with E-state index in [1.807, 2.05) is 18.2 Å². The average molecular weight is 448 g/mol. The maximum absolute atomic E-state index is 12.2. The summed E-state index contributed by atoms with van der Waals surface area (Å²) in [4.78, 5) is 19.8. The topological polar surface area (TPSA) is 55.0 Å². The molecule has 1 N–H and O–H groups in total. The number of halogens is 3. The molecule has 0 bridgehead atoms. The number of methoxy groups -OCH3 is 1. The molecule has 0 amide bonds. The molecule has 8 heteroatoms. The number of ketones is 1. The highest BCUT2D eigenvalue weighted by Crippen LogP contribution is 2.26. The number of Topliss-reactive ketones (excluding diaryl/α,β-unsaturated/α-hetero) is 1. The zero-order valence-electron chi connectivity index (χ0n) is 12.5. The predicted molar refractivity (Wildman–Crippen MR) is 104 cm³/mol. The van der Waals surface area contributed by atoms with Crippen LogP contribution in [0.2, 0.25) is 10.0 Å². The van der Waals surface area contributed by atoms with E-state index in [0.717, 1.165) is 16.8 Å². The van der Waals surface area contributed by atoms with Crippen molar-refractivity contribution < 1.29 is 9.53 Å². The SMILES string of the molecule is Br.COc1ccc2nc(SCC(=O)c3ccc(Cl)c(Cl)c3)[nH]c2c1. The van der Waals surface area contributed by atoms with Gasteiger partial charge in [-0.25, -0.2) is 4.98 Å². The van der Waals surface area contributed by atoms with E-state index in [0.29, 0.717) is 20.8 Å². The maximum Gasteiger partial charge on any atom is 0.173 e. The van der Waals surface area contributed by atoms with Gasteiger partial charge in [0.15, 0.2) is 10.9 Å². The summed E-state index contributed by atoms with van der Waals surface area (Å²) in [5.74, 6) is 0.978. The van der Waals surface area contributed by atoms with Crippen molar-refractivity contribution in [1.82, 2.24) is 9.97 Å². The molecular weight excluding hydrogens is 435 g/mol. The highest BCUT2D eigenvalue weighted by Gasteiger charge is 2.11. The molecule has 1 aromatic heterocycles. The van der Waals surface area contributed by atoms with Crippen molar-refractivity contribution in [3.05, 3.63) is 52.0 Å². The number of benzene rings is 2. The molecule has 4 nitrogen and oxygen atoms in total. The molecule has 0 atom stereocenters. The Balaban J connectivity index is 0.00000208. The molecular formula is C16H13BrCl2N2O2S. The van der Waals surface area contributed by atoms with Crippen LogP contribution < -0.4 is 4.74 Å². The van der Waals surface area contributed by atoms with Crippen LogP contribution in [0.5, 0.6) is 5.75 Å². The lowest BCUT2D eigenvalue weighted by atomic mass is 10.1. The fourth-order valence-corrected chi connectivity index (χ4v) is 3.13. The van der Waals surface area contributed by atoms with Crippen LogP contribution in [0.15, 0.2) is 41.6 Å². The van der Waals surface area contributed by atoms with Gasteiger partial charge in [-0.15, -0.1) is 17.0 Å². The number of hydrogen-bond donors (Lipinski definition) is 1. The third-order valence-corrected chi connectivity index (χ3v) is 4.86. The first-order valence-electron chi connectivity index (χ1n) is 6.71. The number of hydrogen-bond acceptors (Lipinski definition) is 4. The molecule has 0 unspecified atom stereocenters. The summed E-state index contributed by atoms with van der Waals surface area (Å²) in [6, 6.07) is 10.5. The molecule has 24 heavy (non-hydrogen) atoms. The van der Waals surface area contributed by atoms with Gasteiger partial charge in [0, 0.05) is 11.6 Å². The van der Waals surface area contributed by atoms with E-state index in [4.69, 9.17) is 27.9 Å². The van der Waals surface area contributed by atoms with E-state index in [1.54, 1.807) is 25.3 Å². The fraction of sp³-hybridized carbons (Fsp3) is 0.125. The molecule has 0 saturated carbocycles. The first-order chi connectivity index (χ1) is 11.1. The van der Waals surface area contributed by atoms with E-state index < -0.39 is 0 Å². The summed E-state index contributed by atoms with van der Waals surface area (Å²) < 4.78 is 5.18. The van der Waals surface area contributed by atoms with Crippen LogP contribution in [0.4, 0.5) is 0 Å². The number of imidazole rings is 1. The Hall–Kier alpha value is -1.21. The summed E-state index contributed by atoms with van der Waals surface area (Å²) in [5.41, 5.74) is 2.23. The number of nitrogens with one attached hydrogen (secondary N) is 1. The van der Waals surface area contributed by atoms with Crippen LogP contribution in [0, 0.1) is 0 Å². The van der Waals surface area contributed by atoms with Gasteiger partial charge in [0.2, 0.25) is 0 Å². The van der Waals surface area contributed by atoms with Crippen LogP contribution in [0.1, 0.15) is 10.4 Å². The van der Waals surface area contributed by atoms with Crippen LogP contribution in [-0.4, -0.2) is 28.6 Å². The quantitative estimate of drug-likeness (QED) is 0.418. The van der Waals surface area contributed by atoms with Crippen molar-refractivity contribution in [1.29, 1.82) is 0 Å². The monoisotopic (exact) mass is 446 g/mol. The highest BCUT2D eigenvalue weighted by atomic mass is 79.9. The smallest absolute Gasteiger partial charge is 0.173 e. The number of carbonyl (C=O) groups excluding carboxylic acids is 1. The third kappa shape index (κ3) is 4.25. The lowest BCUT2D eigenvalue weighted by Gasteiger charge is -2.01. The van der Waals surface area contributed by atoms with E-state index >= 15 is 0 Å². The Kier molecular flexibility index (Phi) is 6.57. The average Bonchev–Trinajstić information content (AvgIpc) is 2.96. The fourth-order valence-electron chi connectivity index (χ4n) is 2.05. The van der Waals surface area contributed by atoms with Crippen molar-refractivity contribution in [2.45, 2.75) is 5.16 Å². The van der Waals surface area contributed by atoms with Crippen molar-refractivity contribution in [2.24, 2.45) is 0 Å². The summed E-state index contributed by atoms with van der Waals surface area (Å²) in [5, 5.41) is 1.49. The number of carbonyl (C=O) groups is 1. The second kappa shape index (κ2) is 8.25. The van der Waals surface area contributed by atoms with E-state index in [2.05, 4.69) is 9.97 Å². The van der Waals surface area contributed by atoms with Gasteiger partial charge in [-0.05, 0) is 30.3 Å². The minimum atomic E-state index is -0.0356. The molecule has 3 rings (SSSR count). The van der Waals surface area contributed by atoms with Crippen molar-refractivity contribution in [3.8, 4) is 5.75 Å². The van der Waals surface area contributed by atoms with Crippen LogP contribution in [-0.2, 0) is 0 Å². The Labute approximate surface area is 163 Å². The number of H-pyrrole nitrogens is 1. The number of fused-ring (bicyclic) bond motifs is 1. The van der Waals surface area contributed by atoms with Crippen LogP contribution >= 0.6 is 51.9 Å². The van der Waals surface area contributed by atoms with E-state index in [-0.39, 0.29) is 28.5 Å². The number of rotatable bonds is 5. The number of nitrogens with zero attached hydrogens (tertiary/aromatic N) is 1. The Morgan fingerprint density at radius 1 is 1.21 bits per heavy atom. The molecule has 0 aliphatic carbocycles. The number of aromatic amines is 1. The van der Waals surface area contributed by atoms with Gasteiger partial charge >= 0.3 is 0 Å². The molecule has 0 aliphatic heterocycles. The summed E-state index contributed by atoms with van der Waals surface area (Å²) in [6.07, 6.45) is 0. The minimum Gasteiger partial charge on any atom is -0.497 e. The van der Waals surface area contributed by atoms with Crippen LogP contribution in [0.25, 0.3) is 11.0 Å². The van der Waals surface area contributed by atoms with Gasteiger partial charge in [0.1, 0.15) is 5.75 Å². The van der Waals surface area contributed by atoms with Crippen molar-refractivity contribution in [2.75, 3.05) is 12.9 Å². The molecule has 3 aromatic rings. The Morgan fingerprint density at radius 3 is 2.71 bits per heavy atom. The Bertz CT molecular complexity index is 886. The molecule has 0 spiro atoms. The molecule has 0 aliphatic rings. The van der Waals surface area contributed by atoms with Crippen molar-refractivity contribution in [3.63, 3.8) is 0 Å². The normalized spacial score (nSPS) is 10.5. The Morgan fingerprint density at radius 2 is 2.00 bits per heavy atom. The van der Waals surface area contributed by atoms with Gasteiger partial charge < -0.3 is 9.72 Å². The molecule has 2 aromatic carbocycles. The second-order valence-corrected chi connectivity index (χ2v) is 6.54. The largest absolute Gasteiger partial charge is 0.497 e. The highest BCUT2D eigenvalue weighted by molar-refractivity contribution is 8.93. The summed E-state index contributed by atoms with van der Waals surface area (Å²) in [7, 11) is 1.61. The zero-order valence-corrected chi connectivity index (χ0v) is 16.5. The van der Waals surface area contributed by atoms with Gasteiger partial charge in [0.05, 0.1) is 33.9 Å². The third-order valence-electron chi connectivity index (χ3n) is 3.25. The number of thioether (sulfide) groups is 1. The molecule has 0 radical (unpaired) electrons. The van der Waals surface area contributed by atoms with E-state index in [1.165, 1.54) is 11.8 Å². The summed E-state index contributed by atoms with van der Waals surface area (Å²) >= 11 is 13.1.